The number of nitrogens with zero attached hydrogens (tertiary/aromatic N) is 3. The standard InChI is InChI=1S/C24H17N3O4/c25-14-15-27-22(26-21-9-5-4-8-20(21)23(27)28)16-30-24(29)17-10-12-19(13-11-17)31-18-6-2-1-3-7-18/h1-13H,15-16H2. The van der Waals surface area contributed by atoms with Gasteiger partial charge < -0.3 is 9.47 Å². The number of ether oxygens (including phenoxy) is 2. The molecule has 0 spiro atoms. The average Bonchev–Trinajstić information content (AvgIpc) is 2.81. The Morgan fingerprint density at radius 2 is 1.61 bits per heavy atom. The lowest BCUT2D eigenvalue weighted by molar-refractivity contribution is 0.0457. The molecule has 152 valence electrons. The average molecular weight is 411 g/mol. The minimum Gasteiger partial charge on any atom is -0.457 e. The summed E-state index contributed by atoms with van der Waals surface area (Å²) in [5.74, 6) is 0.914. The van der Waals surface area contributed by atoms with Gasteiger partial charge in [0.2, 0.25) is 0 Å². The molecule has 0 saturated carbocycles. The summed E-state index contributed by atoms with van der Waals surface area (Å²) in [6, 6.07) is 24.6. The van der Waals surface area contributed by atoms with Crippen LogP contribution in [0.15, 0.2) is 83.7 Å². The maximum absolute atomic E-state index is 12.7. The largest absolute Gasteiger partial charge is 0.457 e. The molecule has 0 saturated heterocycles. The van der Waals surface area contributed by atoms with Crippen LogP contribution in [0.25, 0.3) is 10.9 Å². The lowest BCUT2D eigenvalue weighted by Gasteiger charge is -2.11. The summed E-state index contributed by atoms with van der Waals surface area (Å²) in [5, 5.41) is 9.48. The lowest BCUT2D eigenvalue weighted by Crippen LogP contribution is -2.26. The second-order valence-electron chi connectivity index (χ2n) is 6.61. The number of esters is 1. The number of para-hydroxylation sites is 2. The van der Waals surface area contributed by atoms with E-state index in [0.29, 0.717) is 28.0 Å². The highest BCUT2D eigenvalue weighted by atomic mass is 16.5. The van der Waals surface area contributed by atoms with Crippen LogP contribution in [0.3, 0.4) is 0 Å². The van der Waals surface area contributed by atoms with E-state index in [9.17, 15) is 9.59 Å². The molecule has 0 atom stereocenters. The van der Waals surface area contributed by atoms with Crippen molar-refractivity contribution in [2.75, 3.05) is 0 Å². The summed E-state index contributed by atoms with van der Waals surface area (Å²) in [5.41, 5.74) is 0.464. The van der Waals surface area contributed by atoms with Crippen LogP contribution in [0.2, 0.25) is 0 Å². The highest BCUT2D eigenvalue weighted by molar-refractivity contribution is 5.89. The molecule has 4 rings (SSSR count). The number of carbonyl (C=O) groups excluding carboxylic acids is 1. The van der Waals surface area contributed by atoms with Gasteiger partial charge in [0.25, 0.3) is 5.56 Å². The Bertz CT molecular complexity index is 1320. The number of aromatic nitrogens is 2. The van der Waals surface area contributed by atoms with Crippen molar-refractivity contribution in [3.8, 4) is 17.6 Å². The molecule has 0 unspecified atom stereocenters. The third-order valence-electron chi connectivity index (χ3n) is 4.57. The van der Waals surface area contributed by atoms with Gasteiger partial charge in [0.15, 0.2) is 5.82 Å². The minimum atomic E-state index is -0.572. The Morgan fingerprint density at radius 1 is 0.935 bits per heavy atom. The van der Waals surface area contributed by atoms with Crippen LogP contribution >= 0.6 is 0 Å². The Morgan fingerprint density at radius 3 is 2.35 bits per heavy atom. The molecule has 7 nitrogen and oxygen atoms in total. The van der Waals surface area contributed by atoms with Gasteiger partial charge in [0.05, 0.1) is 22.5 Å². The van der Waals surface area contributed by atoms with E-state index in [1.807, 2.05) is 36.4 Å². The zero-order valence-corrected chi connectivity index (χ0v) is 16.4. The summed E-state index contributed by atoms with van der Waals surface area (Å²) >= 11 is 0. The molecule has 1 aromatic heterocycles. The fraction of sp³-hybridized carbons (Fsp3) is 0.0833. The SMILES string of the molecule is N#CCn1c(COC(=O)c2ccc(Oc3ccccc3)cc2)nc2ccccc2c1=O. The molecule has 0 aliphatic rings. The van der Waals surface area contributed by atoms with Gasteiger partial charge >= 0.3 is 5.97 Å². The first-order chi connectivity index (χ1) is 15.2. The molecule has 4 aromatic rings. The summed E-state index contributed by atoms with van der Waals surface area (Å²) in [4.78, 5) is 29.5. The molecule has 0 bridgehead atoms. The minimum absolute atomic E-state index is 0.185. The normalized spacial score (nSPS) is 10.4. The first-order valence-corrected chi connectivity index (χ1v) is 9.51. The fourth-order valence-electron chi connectivity index (χ4n) is 3.06. The van der Waals surface area contributed by atoms with E-state index in [1.165, 1.54) is 4.57 Å². The quantitative estimate of drug-likeness (QED) is 0.444. The Balaban J connectivity index is 1.49. The predicted molar refractivity (Wildman–Crippen MR) is 114 cm³/mol. The zero-order valence-electron chi connectivity index (χ0n) is 16.4. The third-order valence-corrected chi connectivity index (χ3v) is 4.57. The number of fused-ring (bicyclic) bond motifs is 1. The maximum atomic E-state index is 12.7. The van der Waals surface area contributed by atoms with Crippen LogP contribution in [0, 0.1) is 11.3 Å². The van der Waals surface area contributed by atoms with Crippen LogP contribution in [0.4, 0.5) is 0 Å². The topological polar surface area (TPSA) is 94.2 Å². The Hall–Kier alpha value is -4.44. The van der Waals surface area contributed by atoms with Gasteiger partial charge in [0.1, 0.15) is 24.7 Å². The van der Waals surface area contributed by atoms with Crippen LogP contribution in [-0.4, -0.2) is 15.5 Å². The summed E-state index contributed by atoms with van der Waals surface area (Å²) in [6.07, 6.45) is 0. The lowest BCUT2D eigenvalue weighted by atomic mass is 10.2. The van der Waals surface area contributed by atoms with E-state index in [1.54, 1.807) is 48.5 Å². The molecule has 0 radical (unpaired) electrons. The van der Waals surface area contributed by atoms with Crippen molar-refractivity contribution in [2.45, 2.75) is 13.2 Å². The Labute approximate surface area is 177 Å². The van der Waals surface area contributed by atoms with Crippen molar-refractivity contribution in [2.24, 2.45) is 0 Å². The highest BCUT2D eigenvalue weighted by Crippen LogP contribution is 2.21. The van der Waals surface area contributed by atoms with Gasteiger partial charge in [-0.15, -0.1) is 0 Å². The molecular weight excluding hydrogens is 394 g/mol. The van der Waals surface area contributed by atoms with E-state index in [4.69, 9.17) is 14.7 Å². The molecule has 3 aromatic carbocycles. The number of benzene rings is 3. The smallest absolute Gasteiger partial charge is 0.338 e. The second-order valence-corrected chi connectivity index (χ2v) is 6.61. The summed E-state index contributed by atoms with van der Waals surface area (Å²) < 4.78 is 12.3. The molecular formula is C24H17N3O4. The van der Waals surface area contributed by atoms with Gasteiger partial charge in [-0.2, -0.15) is 5.26 Å². The second kappa shape index (κ2) is 8.93. The number of carbonyl (C=O) groups is 1. The molecule has 31 heavy (non-hydrogen) atoms. The predicted octanol–water partition coefficient (Wildman–Crippen LogP) is 4.07. The summed E-state index contributed by atoms with van der Waals surface area (Å²) in [6.45, 7) is -0.419. The van der Waals surface area contributed by atoms with E-state index >= 15 is 0 Å². The monoisotopic (exact) mass is 411 g/mol. The van der Waals surface area contributed by atoms with E-state index in [2.05, 4.69) is 4.98 Å². The maximum Gasteiger partial charge on any atom is 0.338 e. The molecule has 7 heteroatoms. The van der Waals surface area contributed by atoms with Crippen LogP contribution in [0.1, 0.15) is 16.2 Å². The molecule has 0 aliphatic heterocycles. The van der Waals surface area contributed by atoms with Crippen molar-refractivity contribution < 1.29 is 14.3 Å². The molecule has 0 amide bonds. The van der Waals surface area contributed by atoms with E-state index in [0.717, 1.165) is 0 Å². The highest BCUT2D eigenvalue weighted by Gasteiger charge is 2.14. The van der Waals surface area contributed by atoms with Gasteiger partial charge in [-0.25, -0.2) is 9.78 Å². The number of nitriles is 1. The van der Waals surface area contributed by atoms with E-state index in [-0.39, 0.29) is 24.5 Å². The molecule has 1 heterocycles. The van der Waals surface area contributed by atoms with Crippen molar-refractivity contribution in [1.29, 1.82) is 5.26 Å². The molecule has 0 fully saturated rings. The molecule has 0 N–H and O–H groups in total. The van der Waals surface area contributed by atoms with Gasteiger partial charge in [0, 0.05) is 0 Å². The van der Waals surface area contributed by atoms with Crippen molar-refractivity contribution in [1.82, 2.24) is 9.55 Å². The van der Waals surface area contributed by atoms with Gasteiger partial charge in [-0.1, -0.05) is 30.3 Å². The number of rotatable bonds is 6. The van der Waals surface area contributed by atoms with Crippen LogP contribution in [-0.2, 0) is 17.9 Å². The first kappa shape index (κ1) is 19.9. The van der Waals surface area contributed by atoms with Crippen LogP contribution in [0.5, 0.6) is 11.5 Å². The summed E-state index contributed by atoms with van der Waals surface area (Å²) in [7, 11) is 0. The third kappa shape index (κ3) is 4.43. The van der Waals surface area contributed by atoms with Crippen LogP contribution < -0.4 is 10.3 Å². The number of hydrogen-bond donors (Lipinski definition) is 0. The van der Waals surface area contributed by atoms with Crippen molar-refractivity contribution in [3.63, 3.8) is 0 Å². The van der Waals surface area contributed by atoms with Crippen molar-refractivity contribution >= 4 is 16.9 Å². The zero-order chi connectivity index (χ0) is 21.6. The number of hydrogen-bond acceptors (Lipinski definition) is 6. The fourth-order valence-corrected chi connectivity index (χ4v) is 3.06. The van der Waals surface area contributed by atoms with E-state index < -0.39 is 5.97 Å². The van der Waals surface area contributed by atoms with Gasteiger partial charge in [-0.05, 0) is 48.5 Å². The molecule has 0 aliphatic carbocycles. The van der Waals surface area contributed by atoms with Gasteiger partial charge in [-0.3, -0.25) is 9.36 Å². The Kier molecular flexibility index (Phi) is 5.72. The van der Waals surface area contributed by atoms with Crippen molar-refractivity contribution in [3.05, 3.63) is 101 Å². The first-order valence-electron chi connectivity index (χ1n) is 9.51.